The predicted molar refractivity (Wildman–Crippen MR) is 90.4 cm³/mol. The van der Waals surface area contributed by atoms with E-state index in [2.05, 4.69) is 0 Å². The fraction of sp³-hybridized carbons (Fsp3) is 0.500. The Hall–Kier alpha value is -1.85. The Morgan fingerprint density at radius 2 is 2.13 bits per heavy atom. The molecule has 5 nitrogen and oxygen atoms in total. The van der Waals surface area contributed by atoms with Gasteiger partial charge in [-0.1, -0.05) is 24.3 Å². The van der Waals surface area contributed by atoms with Crippen molar-refractivity contribution in [2.45, 2.75) is 25.0 Å². The molecule has 1 N–H and O–H groups in total. The molecule has 1 aliphatic heterocycles. The molecule has 0 bridgehead atoms. The van der Waals surface area contributed by atoms with E-state index in [1.54, 1.807) is 17.9 Å². The molecular weight excluding hydrogens is 292 g/mol. The van der Waals surface area contributed by atoms with Crippen LogP contribution in [0.3, 0.4) is 0 Å². The number of hydrogen-bond donors (Lipinski definition) is 1. The second kappa shape index (κ2) is 7.62. The second-order valence-electron chi connectivity index (χ2n) is 6.49. The third-order valence-corrected chi connectivity index (χ3v) is 3.93. The van der Waals surface area contributed by atoms with Crippen molar-refractivity contribution in [1.29, 1.82) is 0 Å². The number of nitrogens with zero attached hydrogens (tertiary/aromatic N) is 2. The molecule has 1 aromatic carbocycles. The number of β-amino-alcohol motifs (C(OH)–C–C–N with tert-alkyl or cyclic N) is 1. The lowest BCUT2D eigenvalue weighted by Crippen LogP contribution is -2.58. The highest BCUT2D eigenvalue weighted by Crippen LogP contribution is 2.26. The molecule has 0 aromatic heterocycles. The molecule has 1 saturated heterocycles. The molecule has 0 unspecified atom stereocenters. The first-order valence-corrected chi connectivity index (χ1v) is 7.93. The van der Waals surface area contributed by atoms with Crippen molar-refractivity contribution in [2.24, 2.45) is 0 Å². The SMILES string of the molecule is CN(C)C/C=C/C(=O)N1CC[C@H](Oc2ccccc2)[C@@](C)(O)C1. The Morgan fingerprint density at radius 3 is 2.74 bits per heavy atom. The van der Waals surface area contributed by atoms with Gasteiger partial charge in [0.2, 0.25) is 5.91 Å². The van der Waals surface area contributed by atoms with Crippen LogP contribution in [-0.2, 0) is 4.79 Å². The number of benzene rings is 1. The summed E-state index contributed by atoms with van der Waals surface area (Å²) in [6.45, 7) is 3.30. The monoisotopic (exact) mass is 318 g/mol. The first kappa shape index (κ1) is 17.5. The summed E-state index contributed by atoms with van der Waals surface area (Å²) in [5.74, 6) is 0.675. The van der Waals surface area contributed by atoms with Gasteiger partial charge in [-0.2, -0.15) is 0 Å². The number of para-hydroxylation sites is 1. The molecule has 1 heterocycles. The van der Waals surface area contributed by atoms with E-state index in [-0.39, 0.29) is 18.6 Å². The van der Waals surface area contributed by atoms with Gasteiger partial charge in [0.15, 0.2) is 0 Å². The average Bonchev–Trinajstić information content (AvgIpc) is 2.49. The van der Waals surface area contributed by atoms with Gasteiger partial charge in [-0.15, -0.1) is 0 Å². The van der Waals surface area contributed by atoms with Gasteiger partial charge in [-0.3, -0.25) is 4.79 Å². The quantitative estimate of drug-likeness (QED) is 0.837. The molecule has 1 fully saturated rings. The zero-order chi connectivity index (χ0) is 16.9. The molecule has 1 amide bonds. The molecule has 0 radical (unpaired) electrons. The van der Waals surface area contributed by atoms with Crippen molar-refractivity contribution < 1.29 is 14.6 Å². The van der Waals surface area contributed by atoms with Gasteiger partial charge >= 0.3 is 0 Å². The Kier molecular flexibility index (Phi) is 5.80. The number of amides is 1. The summed E-state index contributed by atoms with van der Waals surface area (Å²) in [6, 6.07) is 9.47. The number of carbonyl (C=O) groups is 1. The number of piperidine rings is 1. The van der Waals surface area contributed by atoms with Gasteiger partial charge in [-0.25, -0.2) is 0 Å². The average molecular weight is 318 g/mol. The molecule has 2 atom stereocenters. The smallest absolute Gasteiger partial charge is 0.246 e. The van der Waals surface area contributed by atoms with E-state index < -0.39 is 5.60 Å². The number of likely N-dealkylation sites (tertiary alicyclic amines) is 1. The lowest BCUT2D eigenvalue weighted by Gasteiger charge is -2.42. The van der Waals surface area contributed by atoms with Crippen LogP contribution < -0.4 is 4.74 Å². The van der Waals surface area contributed by atoms with Gasteiger partial charge < -0.3 is 19.6 Å². The van der Waals surface area contributed by atoms with Crippen LogP contribution in [-0.4, -0.2) is 66.2 Å². The number of rotatable bonds is 5. The minimum Gasteiger partial charge on any atom is -0.487 e. The third-order valence-electron chi connectivity index (χ3n) is 3.93. The first-order valence-electron chi connectivity index (χ1n) is 7.93. The minimum atomic E-state index is -1.07. The van der Waals surface area contributed by atoms with E-state index in [0.29, 0.717) is 13.0 Å². The van der Waals surface area contributed by atoms with Crippen molar-refractivity contribution in [3.05, 3.63) is 42.5 Å². The molecule has 1 aliphatic rings. The molecule has 1 aromatic rings. The van der Waals surface area contributed by atoms with E-state index in [0.717, 1.165) is 12.3 Å². The molecule has 126 valence electrons. The summed E-state index contributed by atoms with van der Waals surface area (Å²) in [4.78, 5) is 15.9. The largest absolute Gasteiger partial charge is 0.487 e. The molecular formula is C18H26N2O3. The Morgan fingerprint density at radius 1 is 1.43 bits per heavy atom. The van der Waals surface area contributed by atoms with Crippen LogP contribution in [0.1, 0.15) is 13.3 Å². The zero-order valence-corrected chi connectivity index (χ0v) is 14.1. The normalized spacial score (nSPS) is 25.1. The Bertz CT molecular complexity index is 540. The first-order chi connectivity index (χ1) is 10.9. The highest BCUT2D eigenvalue weighted by atomic mass is 16.5. The topological polar surface area (TPSA) is 53.0 Å². The van der Waals surface area contributed by atoms with Crippen LogP contribution in [0.5, 0.6) is 5.75 Å². The van der Waals surface area contributed by atoms with E-state index in [1.165, 1.54) is 0 Å². The zero-order valence-electron chi connectivity index (χ0n) is 14.1. The van der Waals surface area contributed by atoms with Crippen molar-refractivity contribution >= 4 is 5.91 Å². The molecule has 2 rings (SSSR count). The van der Waals surface area contributed by atoms with E-state index in [9.17, 15) is 9.90 Å². The highest BCUT2D eigenvalue weighted by molar-refractivity contribution is 5.87. The lowest BCUT2D eigenvalue weighted by atomic mass is 9.91. The Labute approximate surface area is 138 Å². The number of carbonyl (C=O) groups excluding carboxylic acids is 1. The van der Waals surface area contributed by atoms with Gasteiger partial charge in [-0.05, 0) is 33.2 Å². The highest BCUT2D eigenvalue weighted by Gasteiger charge is 2.40. The van der Waals surface area contributed by atoms with Crippen molar-refractivity contribution in [3.8, 4) is 5.75 Å². The van der Waals surface area contributed by atoms with Crippen LogP contribution >= 0.6 is 0 Å². The number of ether oxygens (including phenoxy) is 1. The van der Waals surface area contributed by atoms with Crippen LogP contribution in [0, 0.1) is 0 Å². The molecule has 0 saturated carbocycles. The molecule has 23 heavy (non-hydrogen) atoms. The number of hydrogen-bond acceptors (Lipinski definition) is 4. The van der Waals surface area contributed by atoms with E-state index >= 15 is 0 Å². The van der Waals surface area contributed by atoms with Crippen LogP contribution in [0.15, 0.2) is 42.5 Å². The maximum Gasteiger partial charge on any atom is 0.246 e. The number of likely N-dealkylation sites (N-methyl/N-ethyl adjacent to an activating group) is 1. The van der Waals surface area contributed by atoms with Gasteiger partial charge in [0.1, 0.15) is 17.5 Å². The summed E-state index contributed by atoms with van der Waals surface area (Å²) in [7, 11) is 3.90. The van der Waals surface area contributed by atoms with Gasteiger partial charge in [0.05, 0.1) is 6.54 Å². The number of aliphatic hydroxyl groups is 1. The standard InChI is InChI=1S/C18H26N2O3/c1-18(22)14-20(17(21)10-7-12-19(2)3)13-11-16(18)23-15-8-5-4-6-9-15/h4-10,16,22H,11-14H2,1-3H3/b10-7+/t16-,18-/m0/s1. The van der Waals surface area contributed by atoms with Crippen molar-refractivity contribution in [2.75, 3.05) is 33.7 Å². The van der Waals surface area contributed by atoms with Crippen LogP contribution in [0.2, 0.25) is 0 Å². The van der Waals surface area contributed by atoms with Crippen LogP contribution in [0.4, 0.5) is 0 Å². The van der Waals surface area contributed by atoms with Crippen molar-refractivity contribution in [1.82, 2.24) is 9.80 Å². The fourth-order valence-corrected chi connectivity index (χ4v) is 2.66. The summed E-state index contributed by atoms with van der Waals surface area (Å²) >= 11 is 0. The second-order valence-corrected chi connectivity index (χ2v) is 6.49. The molecule has 0 aliphatic carbocycles. The maximum absolute atomic E-state index is 12.2. The summed E-state index contributed by atoms with van der Waals surface area (Å²) < 4.78 is 5.90. The molecule has 5 heteroatoms. The summed E-state index contributed by atoms with van der Waals surface area (Å²) in [5.41, 5.74) is -1.07. The van der Waals surface area contributed by atoms with Crippen LogP contribution in [0.25, 0.3) is 0 Å². The van der Waals surface area contributed by atoms with Gasteiger partial charge in [0, 0.05) is 25.6 Å². The predicted octanol–water partition coefficient (Wildman–Crippen LogP) is 1.54. The third kappa shape index (κ3) is 5.08. The summed E-state index contributed by atoms with van der Waals surface area (Å²) in [5, 5.41) is 10.7. The lowest BCUT2D eigenvalue weighted by molar-refractivity contribution is -0.141. The maximum atomic E-state index is 12.2. The van der Waals surface area contributed by atoms with E-state index in [4.69, 9.17) is 4.74 Å². The molecule has 0 spiro atoms. The summed E-state index contributed by atoms with van der Waals surface area (Å²) in [6.07, 6.45) is 3.70. The fourth-order valence-electron chi connectivity index (χ4n) is 2.66. The minimum absolute atomic E-state index is 0.0645. The van der Waals surface area contributed by atoms with Gasteiger partial charge in [0.25, 0.3) is 0 Å². The van der Waals surface area contributed by atoms with E-state index in [1.807, 2.05) is 55.4 Å². The Balaban J connectivity index is 1.94. The van der Waals surface area contributed by atoms with Crippen molar-refractivity contribution in [3.63, 3.8) is 0 Å².